The standard InChI is InChI=1S/C15H16BrFN2O/c1-9-11(4-3-5-13(9)16)15(19-18)12-7-6-10(20-2)8-14(12)17/h3-8,15,19H,18H2,1-2H3. The summed E-state index contributed by atoms with van der Waals surface area (Å²) in [6, 6.07) is 10.1. The van der Waals surface area contributed by atoms with E-state index in [1.54, 1.807) is 12.1 Å². The number of nitrogens with one attached hydrogen (secondary N) is 1. The summed E-state index contributed by atoms with van der Waals surface area (Å²) >= 11 is 3.48. The number of benzene rings is 2. The number of hydrogen-bond acceptors (Lipinski definition) is 3. The minimum atomic E-state index is -0.418. The molecule has 1 atom stereocenters. The maximum absolute atomic E-state index is 14.2. The highest BCUT2D eigenvalue weighted by Crippen LogP contribution is 2.31. The van der Waals surface area contributed by atoms with Gasteiger partial charge in [0.2, 0.25) is 0 Å². The van der Waals surface area contributed by atoms with Gasteiger partial charge < -0.3 is 4.74 Å². The molecule has 0 bridgehead atoms. The fraction of sp³-hybridized carbons (Fsp3) is 0.200. The molecule has 0 spiro atoms. The number of nitrogens with two attached hydrogens (primary N) is 1. The van der Waals surface area contributed by atoms with Crippen molar-refractivity contribution in [1.29, 1.82) is 0 Å². The lowest BCUT2D eigenvalue weighted by molar-refractivity contribution is 0.410. The van der Waals surface area contributed by atoms with Gasteiger partial charge in [0.05, 0.1) is 13.2 Å². The van der Waals surface area contributed by atoms with Gasteiger partial charge in [0.25, 0.3) is 0 Å². The van der Waals surface area contributed by atoms with Crippen LogP contribution in [-0.2, 0) is 0 Å². The van der Waals surface area contributed by atoms with Gasteiger partial charge in [-0.15, -0.1) is 0 Å². The SMILES string of the molecule is COc1ccc(C(NN)c2cccc(Br)c2C)c(F)c1. The van der Waals surface area contributed by atoms with E-state index in [9.17, 15) is 4.39 Å². The fourth-order valence-corrected chi connectivity index (χ4v) is 2.53. The van der Waals surface area contributed by atoms with Crippen molar-refractivity contribution in [3.63, 3.8) is 0 Å². The molecule has 0 radical (unpaired) electrons. The third kappa shape index (κ3) is 2.85. The second-order valence-corrected chi connectivity index (χ2v) is 5.30. The Kier molecular flexibility index (Phi) is 4.75. The first-order valence-electron chi connectivity index (χ1n) is 6.13. The smallest absolute Gasteiger partial charge is 0.132 e. The Labute approximate surface area is 126 Å². The lowest BCUT2D eigenvalue weighted by Gasteiger charge is -2.20. The van der Waals surface area contributed by atoms with Crippen LogP contribution in [-0.4, -0.2) is 7.11 Å². The minimum Gasteiger partial charge on any atom is -0.497 e. The zero-order chi connectivity index (χ0) is 14.7. The molecule has 106 valence electrons. The Morgan fingerprint density at radius 2 is 2.00 bits per heavy atom. The van der Waals surface area contributed by atoms with Crippen molar-refractivity contribution in [2.45, 2.75) is 13.0 Å². The van der Waals surface area contributed by atoms with Gasteiger partial charge in [-0.25, -0.2) is 9.82 Å². The summed E-state index contributed by atoms with van der Waals surface area (Å²) in [6.45, 7) is 1.96. The van der Waals surface area contributed by atoms with Crippen LogP contribution in [0.2, 0.25) is 0 Å². The van der Waals surface area contributed by atoms with E-state index in [0.29, 0.717) is 11.3 Å². The van der Waals surface area contributed by atoms with E-state index in [2.05, 4.69) is 21.4 Å². The molecular weight excluding hydrogens is 323 g/mol. The van der Waals surface area contributed by atoms with Crippen molar-refractivity contribution in [3.05, 3.63) is 63.4 Å². The van der Waals surface area contributed by atoms with Gasteiger partial charge in [0.15, 0.2) is 0 Å². The zero-order valence-electron chi connectivity index (χ0n) is 11.3. The third-order valence-electron chi connectivity index (χ3n) is 3.31. The Bertz CT molecular complexity index is 619. The van der Waals surface area contributed by atoms with Gasteiger partial charge in [-0.2, -0.15) is 0 Å². The molecule has 3 N–H and O–H groups in total. The first kappa shape index (κ1) is 15.0. The number of methoxy groups -OCH3 is 1. The lowest BCUT2D eigenvalue weighted by atomic mass is 9.95. The normalized spacial score (nSPS) is 12.2. The molecule has 2 aromatic rings. The Hall–Kier alpha value is -1.43. The molecule has 0 aliphatic rings. The zero-order valence-corrected chi connectivity index (χ0v) is 12.9. The molecule has 3 nitrogen and oxygen atoms in total. The number of hydrazine groups is 1. The topological polar surface area (TPSA) is 47.3 Å². The predicted octanol–water partition coefficient (Wildman–Crippen LogP) is 3.46. The van der Waals surface area contributed by atoms with Gasteiger partial charge in [-0.3, -0.25) is 5.84 Å². The van der Waals surface area contributed by atoms with E-state index in [4.69, 9.17) is 10.6 Å². The van der Waals surface area contributed by atoms with E-state index in [1.807, 2.05) is 25.1 Å². The second kappa shape index (κ2) is 6.35. The molecule has 2 aromatic carbocycles. The third-order valence-corrected chi connectivity index (χ3v) is 4.16. The van der Waals surface area contributed by atoms with Crippen LogP contribution >= 0.6 is 15.9 Å². The van der Waals surface area contributed by atoms with Gasteiger partial charge >= 0.3 is 0 Å². The molecule has 0 aliphatic heterocycles. The average molecular weight is 339 g/mol. The molecule has 0 heterocycles. The number of hydrogen-bond donors (Lipinski definition) is 2. The molecule has 0 amide bonds. The van der Waals surface area contributed by atoms with Gasteiger partial charge in [0.1, 0.15) is 11.6 Å². The number of ether oxygens (including phenoxy) is 1. The maximum atomic E-state index is 14.2. The van der Waals surface area contributed by atoms with Crippen molar-refractivity contribution in [3.8, 4) is 5.75 Å². The Morgan fingerprint density at radius 1 is 1.25 bits per heavy atom. The molecular formula is C15H16BrFN2O. The van der Waals surface area contributed by atoms with E-state index in [1.165, 1.54) is 13.2 Å². The molecule has 2 rings (SSSR count). The highest BCUT2D eigenvalue weighted by Gasteiger charge is 2.19. The summed E-state index contributed by atoms with van der Waals surface area (Å²) < 4.78 is 20.2. The summed E-state index contributed by atoms with van der Waals surface area (Å²) in [6.07, 6.45) is 0. The van der Waals surface area contributed by atoms with E-state index < -0.39 is 6.04 Å². The quantitative estimate of drug-likeness (QED) is 0.663. The van der Waals surface area contributed by atoms with Crippen LogP contribution in [0.15, 0.2) is 40.9 Å². The monoisotopic (exact) mass is 338 g/mol. The summed E-state index contributed by atoms with van der Waals surface area (Å²) in [5, 5.41) is 0. The Balaban J connectivity index is 2.50. The molecule has 5 heteroatoms. The fourth-order valence-electron chi connectivity index (χ4n) is 2.15. The molecule has 0 aliphatic carbocycles. The summed E-state index contributed by atoms with van der Waals surface area (Å²) in [7, 11) is 1.51. The molecule has 0 fully saturated rings. The molecule has 0 aromatic heterocycles. The number of halogens is 2. The molecule has 0 saturated carbocycles. The van der Waals surface area contributed by atoms with Crippen molar-refractivity contribution >= 4 is 15.9 Å². The first-order valence-corrected chi connectivity index (χ1v) is 6.92. The van der Waals surface area contributed by atoms with E-state index >= 15 is 0 Å². The van der Waals surface area contributed by atoms with Crippen molar-refractivity contribution in [2.24, 2.45) is 5.84 Å². The summed E-state index contributed by atoms with van der Waals surface area (Å²) in [4.78, 5) is 0. The van der Waals surface area contributed by atoms with Crippen LogP contribution in [0.1, 0.15) is 22.7 Å². The Morgan fingerprint density at radius 3 is 2.60 bits per heavy atom. The maximum Gasteiger partial charge on any atom is 0.132 e. The predicted molar refractivity (Wildman–Crippen MR) is 81.0 cm³/mol. The molecule has 20 heavy (non-hydrogen) atoms. The van der Waals surface area contributed by atoms with Crippen LogP contribution in [0.25, 0.3) is 0 Å². The summed E-state index contributed by atoms with van der Waals surface area (Å²) in [5.41, 5.74) is 5.10. The van der Waals surface area contributed by atoms with Crippen molar-refractivity contribution < 1.29 is 9.13 Å². The second-order valence-electron chi connectivity index (χ2n) is 4.44. The van der Waals surface area contributed by atoms with Crippen LogP contribution in [0.3, 0.4) is 0 Å². The first-order chi connectivity index (χ1) is 9.58. The largest absolute Gasteiger partial charge is 0.497 e. The summed E-state index contributed by atoms with van der Waals surface area (Å²) in [5.74, 6) is 5.76. The van der Waals surface area contributed by atoms with Crippen LogP contribution in [0.4, 0.5) is 4.39 Å². The highest BCUT2D eigenvalue weighted by molar-refractivity contribution is 9.10. The average Bonchev–Trinajstić information content (AvgIpc) is 2.45. The number of rotatable bonds is 4. The highest BCUT2D eigenvalue weighted by atomic mass is 79.9. The minimum absolute atomic E-state index is 0.355. The van der Waals surface area contributed by atoms with Crippen LogP contribution in [0.5, 0.6) is 5.75 Å². The molecule has 1 unspecified atom stereocenters. The lowest BCUT2D eigenvalue weighted by Crippen LogP contribution is -2.30. The molecule has 0 saturated heterocycles. The van der Waals surface area contributed by atoms with Crippen LogP contribution in [0, 0.1) is 12.7 Å². The van der Waals surface area contributed by atoms with Gasteiger partial charge in [-0.05, 0) is 30.2 Å². The van der Waals surface area contributed by atoms with Gasteiger partial charge in [-0.1, -0.05) is 34.1 Å². The van der Waals surface area contributed by atoms with Crippen LogP contribution < -0.4 is 16.0 Å². The van der Waals surface area contributed by atoms with Crippen molar-refractivity contribution in [1.82, 2.24) is 5.43 Å². The van der Waals surface area contributed by atoms with E-state index in [0.717, 1.165) is 15.6 Å². The van der Waals surface area contributed by atoms with Crippen molar-refractivity contribution in [2.75, 3.05) is 7.11 Å². The van der Waals surface area contributed by atoms with E-state index in [-0.39, 0.29) is 5.82 Å². The van der Waals surface area contributed by atoms with Gasteiger partial charge in [0, 0.05) is 16.1 Å².